The Labute approximate surface area is 111 Å². The monoisotopic (exact) mass is 250 g/mol. The predicted octanol–water partition coefficient (Wildman–Crippen LogP) is 3.96. The van der Waals surface area contributed by atoms with Gasteiger partial charge in [0.05, 0.1) is 23.7 Å². The molecule has 0 amide bonds. The molecule has 1 rings (SSSR count). The van der Waals surface area contributed by atoms with E-state index < -0.39 is 6.10 Å². The standard InChI is InChI=1S/C15H26N2O/c1-3-4-5-6-7-8-9-10-15(18)14-12-16-13(2)11-17-14/h11-12,15,18H,3-10H2,1-2H3. The van der Waals surface area contributed by atoms with E-state index in [4.69, 9.17) is 0 Å². The lowest BCUT2D eigenvalue weighted by Gasteiger charge is -2.09. The average Bonchev–Trinajstić information content (AvgIpc) is 2.38. The first-order chi connectivity index (χ1) is 8.74. The van der Waals surface area contributed by atoms with Crippen LogP contribution in [-0.4, -0.2) is 15.1 Å². The minimum Gasteiger partial charge on any atom is -0.387 e. The van der Waals surface area contributed by atoms with Crippen LogP contribution in [0.15, 0.2) is 12.4 Å². The van der Waals surface area contributed by atoms with E-state index in [1.54, 1.807) is 12.4 Å². The van der Waals surface area contributed by atoms with Gasteiger partial charge < -0.3 is 5.11 Å². The lowest BCUT2D eigenvalue weighted by molar-refractivity contribution is 0.158. The van der Waals surface area contributed by atoms with Crippen molar-refractivity contribution in [3.05, 3.63) is 23.8 Å². The summed E-state index contributed by atoms with van der Waals surface area (Å²) in [6.07, 6.45) is 12.6. The number of aliphatic hydroxyl groups is 1. The van der Waals surface area contributed by atoms with Crippen LogP contribution in [0.2, 0.25) is 0 Å². The van der Waals surface area contributed by atoms with Crippen LogP contribution in [0.1, 0.15) is 75.8 Å². The summed E-state index contributed by atoms with van der Waals surface area (Å²) in [6.45, 7) is 4.14. The minimum absolute atomic E-state index is 0.450. The van der Waals surface area contributed by atoms with Crippen molar-refractivity contribution in [1.29, 1.82) is 0 Å². The van der Waals surface area contributed by atoms with E-state index in [0.29, 0.717) is 5.69 Å². The second-order valence-corrected chi connectivity index (χ2v) is 5.01. The molecule has 18 heavy (non-hydrogen) atoms. The van der Waals surface area contributed by atoms with Crippen molar-refractivity contribution >= 4 is 0 Å². The molecule has 0 spiro atoms. The van der Waals surface area contributed by atoms with Crippen LogP contribution in [0.4, 0.5) is 0 Å². The highest BCUT2D eigenvalue weighted by Gasteiger charge is 2.08. The van der Waals surface area contributed by atoms with Crippen LogP contribution < -0.4 is 0 Å². The summed E-state index contributed by atoms with van der Waals surface area (Å²) in [5, 5.41) is 9.95. The zero-order valence-electron chi connectivity index (χ0n) is 11.7. The highest BCUT2D eigenvalue weighted by molar-refractivity contribution is 5.03. The molecule has 1 atom stereocenters. The number of unbranched alkanes of at least 4 members (excludes halogenated alkanes) is 6. The van der Waals surface area contributed by atoms with E-state index in [-0.39, 0.29) is 0 Å². The van der Waals surface area contributed by atoms with E-state index in [1.165, 1.54) is 38.5 Å². The fourth-order valence-corrected chi connectivity index (χ4v) is 2.02. The van der Waals surface area contributed by atoms with E-state index in [9.17, 15) is 5.11 Å². The molecule has 0 bridgehead atoms. The van der Waals surface area contributed by atoms with Gasteiger partial charge in [-0.1, -0.05) is 51.9 Å². The molecule has 1 unspecified atom stereocenters. The molecule has 0 aliphatic rings. The quantitative estimate of drug-likeness (QED) is 0.675. The molecule has 0 fully saturated rings. The van der Waals surface area contributed by atoms with Gasteiger partial charge in [-0.15, -0.1) is 0 Å². The number of nitrogens with zero attached hydrogens (tertiary/aromatic N) is 2. The van der Waals surface area contributed by atoms with Crippen LogP contribution in [0.25, 0.3) is 0 Å². The third-order valence-electron chi connectivity index (χ3n) is 3.22. The third kappa shape index (κ3) is 6.10. The van der Waals surface area contributed by atoms with Crippen molar-refractivity contribution in [3.8, 4) is 0 Å². The molecule has 1 heterocycles. The molecule has 0 radical (unpaired) electrons. The van der Waals surface area contributed by atoms with Crippen LogP contribution in [0.5, 0.6) is 0 Å². The van der Waals surface area contributed by atoms with E-state index >= 15 is 0 Å². The Morgan fingerprint density at radius 1 is 1.00 bits per heavy atom. The van der Waals surface area contributed by atoms with E-state index in [1.807, 2.05) is 6.92 Å². The summed E-state index contributed by atoms with van der Waals surface area (Å²) in [7, 11) is 0. The molecule has 102 valence electrons. The summed E-state index contributed by atoms with van der Waals surface area (Å²) < 4.78 is 0. The van der Waals surface area contributed by atoms with Gasteiger partial charge in [0.25, 0.3) is 0 Å². The Kier molecular flexibility index (Phi) is 7.58. The number of aromatic nitrogens is 2. The summed E-state index contributed by atoms with van der Waals surface area (Å²) in [5.41, 5.74) is 1.59. The smallest absolute Gasteiger partial charge is 0.0975 e. The Balaban J connectivity index is 2.10. The Morgan fingerprint density at radius 2 is 1.67 bits per heavy atom. The molecule has 1 N–H and O–H groups in total. The molecule has 1 aromatic rings. The first-order valence-electron chi connectivity index (χ1n) is 7.20. The molecule has 0 saturated carbocycles. The normalized spacial score (nSPS) is 12.6. The largest absolute Gasteiger partial charge is 0.387 e. The van der Waals surface area contributed by atoms with Gasteiger partial charge in [0, 0.05) is 6.20 Å². The van der Waals surface area contributed by atoms with Crippen molar-refractivity contribution in [1.82, 2.24) is 9.97 Å². The lowest BCUT2D eigenvalue weighted by Crippen LogP contribution is -2.01. The maximum Gasteiger partial charge on any atom is 0.0975 e. The second kappa shape index (κ2) is 9.03. The topological polar surface area (TPSA) is 46.0 Å². The molecule has 0 aromatic carbocycles. The van der Waals surface area contributed by atoms with Crippen molar-refractivity contribution in [3.63, 3.8) is 0 Å². The van der Waals surface area contributed by atoms with Crippen molar-refractivity contribution in [2.75, 3.05) is 0 Å². The predicted molar refractivity (Wildman–Crippen MR) is 74.3 cm³/mol. The Morgan fingerprint density at radius 3 is 2.28 bits per heavy atom. The number of hydrogen-bond acceptors (Lipinski definition) is 3. The number of hydrogen-bond donors (Lipinski definition) is 1. The molecule has 0 aliphatic carbocycles. The Bertz CT molecular complexity index is 311. The SMILES string of the molecule is CCCCCCCCCC(O)c1cnc(C)cn1. The highest BCUT2D eigenvalue weighted by atomic mass is 16.3. The molecule has 3 heteroatoms. The van der Waals surface area contributed by atoms with Crippen molar-refractivity contribution < 1.29 is 5.11 Å². The zero-order chi connectivity index (χ0) is 13.2. The first kappa shape index (κ1) is 15.1. The summed E-state index contributed by atoms with van der Waals surface area (Å²) >= 11 is 0. The van der Waals surface area contributed by atoms with E-state index in [0.717, 1.165) is 18.5 Å². The zero-order valence-corrected chi connectivity index (χ0v) is 11.7. The molecule has 3 nitrogen and oxygen atoms in total. The van der Waals surface area contributed by atoms with Crippen LogP contribution in [0.3, 0.4) is 0 Å². The number of aliphatic hydroxyl groups excluding tert-OH is 1. The lowest BCUT2D eigenvalue weighted by atomic mass is 10.1. The third-order valence-corrected chi connectivity index (χ3v) is 3.22. The number of aryl methyl sites for hydroxylation is 1. The molecule has 1 aromatic heterocycles. The maximum absolute atomic E-state index is 9.95. The van der Waals surface area contributed by atoms with Gasteiger partial charge in [-0.25, -0.2) is 0 Å². The van der Waals surface area contributed by atoms with Gasteiger partial charge in [-0.05, 0) is 13.3 Å². The average molecular weight is 250 g/mol. The molecular formula is C15H26N2O. The van der Waals surface area contributed by atoms with Crippen LogP contribution in [0, 0.1) is 6.92 Å². The van der Waals surface area contributed by atoms with Gasteiger partial charge in [-0.3, -0.25) is 9.97 Å². The van der Waals surface area contributed by atoms with Crippen molar-refractivity contribution in [2.24, 2.45) is 0 Å². The second-order valence-electron chi connectivity index (χ2n) is 5.01. The highest BCUT2D eigenvalue weighted by Crippen LogP contribution is 2.18. The fraction of sp³-hybridized carbons (Fsp3) is 0.733. The summed E-state index contributed by atoms with van der Waals surface area (Å²) in [5.74, 6) is 0. The first-order valence-corrected chi connectivity index (χ1v) is 7.20. The van der Waals surface area contributed by atoms with Gasteiger partial charge in [0.2, 0.25) is 0 Å². The molecular weight excluding hydrogens is 224 g/mol. The van der Waals surface area contributed by atoms with Crippen LogP contribution in [-0.2, 0) is 0 Å². The Hall–Kier alpha value is -0.960. The molecule has 0 aliphatic heterocycles. The summed E-state index contributed by atoms with van der Waals surface area (Å²) in [6, 6.07) is 0. The van der Waals surface area contributed by atoms with Gasteiger partial charge in [-0.2, -0.15) is 0 Å². The fourth-order valence-electron chi connectivity index (χ4n) is 2.02. The van der Waals surface area contributed by atoms with Gasteiger partial charge in [0.1, 0.15) is 0 Å². The van der Waals surface area contributed by atoms with E-state index in [2.05, 4.69) is 16.9 Å². The van der Waals surface area contributed by atoms with Gasteiger partial charge >= 0.3 is 0 Å². The van der Waals surface area contributed by atoms with Gasteiger partial charge in [0.15, 0.2) is 0 Å². The van der Waals surface area contributed by atoms with Crippen molar-refractivity contribution in [2.45, 2.75) is 71.3 Å². The number of rotatable bonds is 9. The maximum atomic E-state index is 9.95. The van der Waals surface area contributed by atoms with Crippen LogP contribution >= 0.6 is 0 Å². The minimum atomic E-state index is -0.450. The summed E-state index contributed by atoms with van der Waals surface area (Å²) in [4.78, 5) is 8.36. The molecule has 0 saturated heterocycles.